The molecular weight excluding hydrogens is 254 g/mol. The highest BCUT2D eigenvalue weighted by Crippen LogP contribution is 2.30. The Morgan fingerprint density at radius 3 is 2.75 bits per heavy atom. The molecule has 1 amide bonds. The van der Waals surface area contributed by atoms with Crippen LogP contribution in [0.3, 0.4) is 0 Å². The number of hydrogen-bond donors (Lipinski definition) is 1. The molecule has 1 aliphatic rings. The maximum atomic E-state index is 12.2. The minimum absolute atomic E-state index is 0.0945. The number of aromatic nitrogens is 2. The number of carbonyl (C=O) groups excluding carboxylic acids is 1. The zero-order chi connectivity index (χ0) is 14.5. The van der Waals surface area contributed by atoms with E-state index in [0.717, 1.165) is 25.7 Å². The van der Waals surface area contributed by atoms with Gasteiger partial charge in [0.1, 0.15) is 5.92 Å². The van der Waals surface area contributed by atoms with Gasteiger partial charge in [-0.3, -0.25) is 4.79 Å². The molecule has 1 aromatic rings. The second-order valence-corrected chi connectivity index (χ2v) is 5.13. The van der Waals surface area contributed by atoms with Crippen molar-refractivity contribution < 1.29 is 4.79 Å². The van der Waals surface area contributed by atoms with Crippen molar-refractivity contribution in [2.45, 2.75) is 31.7 Å². The van der Waals surface area contributed by atoms with Gasteiger partial charge < -0.3 is 9.88 Å². The number of hydrogen-bond acceptors (Lipinski definition) is 4. The van der Waals surface area contributed by atoms with Crippen LogP contribution in [-0.2, 0) is 7.05 Å². The van der Waals surface area contributed by atoms with Gasteiger partial charge in [0.2, 0.25) is 0 Å². The van der Waals surface area contributed by atoms with Gasteiger partial charge >= 0.3 is 0 Å². The zero-order valence-electron chi connectivity index (χ0n) is 11.4. The van der Waals surface area contributed by atoms with Gasteiger partial charge in [-0.2, -0.15) is 10.5 Å². The summed E-state index contributed by atoms with van der Waals surface area (Å²) in [4.78, 5) is 16.2. The lowest BCUT2D eigenvalue weighted by molar-refractivity contribution is 0.0886. The monoisotopic (exact) mass is 271 g/mol. The van der Waals surface area contributed by atoms with Gasteiger partial charge in [0, 0.05) is 31.4 Å². The predicted molar refractivity (Wildman–Crippen MR) is 71.1 cm³/mol. The van der Waals surface area contributed by atoms with E-state index in [1.807, 2.05) is 12.1 Å². The van der Waals surface area contributed by atoms with Crippen molar-refractivity contribution in [1.82, 2.24) is 14.9 Å². The van der Waals surface area contributed by atoms with Crippen LogP contribution in [0.1, 0.15) is 36.3 Å². The van der Waals surface area contributed by atoms with Crippen LogP contribution >= 0.6 is 0 Å². The predicted octanol–water partition coefficient (Wildman–Crippen LogP) is 1.37. The minimum Gasteiger partial charge on any atom is -0.346 e. The summed E-state index contributed by atoms with van der Waals surface area (Å²) >= 11 is 0. The highest BCUT2D eigenvalue weighted by Gasteiger charge is 2.33. The van der Waals surface area contributed by atoms with Gasteiger partial charge in [-0.1, -0.05) is 12.8 Å². The molecular formula is C14H17N5O. The first-order valence-corrected chi connectivity index (χ1v) is 6.74. The van der Waals surface area contributed by atoms with E-state index in [0.29, 0.717) is 5.82 Å². The normalized spacial score (nSPS) is 22.0. The Hall–Kier alpha value is -2.34. The number of imidazole rings is 1. The Balaban J connectivity index is 2.10. The van der Waals surface area contributed by atoms with Crippen LogP contribution < -0.4 is 5.32 Å². The van der Waals surface area contributed by atoms with Crippen molar-refractivity contribution >= 4 is 5.91 Å². The largest absolute Gasteiger partial charge is 0.346 e. The number of aryl methyl sites for hydroxylation is 1. The molecule has 1 saturated carbocycles. The Bertz CT molecular complexity index is 551. The summed E-state index contributed by atoms with van der Waals surface area (Å²) in [6.07, 6.45) is 6.89. The Morgan fingerprint density at radius 1 is 1.45 bits per heavy atom. The second-order valence-electron chi connectivity index (χ2n) is 5.13. The summed E-state index contributed by atoms with van der Waals surface area (Å²) in [5.41, 5.74) is 0. The molecule has 1 unspecified atom stereocenters. The van der Waals surface area contributed by atoms with E-state index in [1.165, 1.54) is 0 Å². The van der Waals surface area contributed by atoms with Crippen LogP contribution in [0.15, 0.2) is 12.4 Å². The number of nitrogens with one attached hydrogen (secondary N) is 1. The molecule has 104 valence electrons. The average Bonchev–Trinajstić information content (AvgIpc) is 2.88. The average molecular weight is 271 g/mol. The lowest BCUT2D eigenvalue weighted by Gasteiger charge is -2.32. The van der Waals surface area contributed by atoms with Gasteiger partial charge in [0.05, 0.1) is 12.1 Å². The quantitative estimate of drug-likeness (QED) is 0.898. The summed E-state index contributed by atoms with van der Waals surface area (Å²) in [5.74, 6) is -0.659. The maximum absolute atomic E-state index is 12.2. The van der Waals surface area contributed by atoms with E-state index in [9.17, 15) is 4.79 Å². The van der Waals surface area contributed by atoms with E-state index >= 15 is 0 Å². The number of carbonyl (C=O) groups is 1. The standard InChI is InChI=1S/C14H17N5O/c1-19-7-6-17-13(19)14(20)18-12-5-3-2-4-11(12)10(8-15)9-16/h6-7,10-12H,2-5H2,1H3,(H,18,20)/t11-,12?/m0/s1. The summed E-state index contributed by atoms with van der Waals surface area (Å²) in [6.45, 7) is 0. The fourth-order valence-electron chi connectivity index (χ4n) is 2.78. The van der Waals surface area contributed by atoms with Crippen molar-refractivity contribution in [3.8, 4) is 12.1 Å². The molecule has 2 atom stereocenters. The molecule has 0 aliphatic heterocycles. The lowest BCUT2D eigenvalue weighted by atomic mass is 9.77. The molecule has 0 spiro atoms. The van der Waals surface area contributed by atoms with Crippen LogP contribution in [0.25, 0.3) is 0 Å². The lowest BCUT2D eigenvalue weighted by Crippen LogP contribution is -2.45. The van der Waals surface area contributed by atoms with E-state index in [4.69, 9.17) is 10.5 Å². The molecule has 1 fully saturated rings. The SMILES string of the molecule is Cn1ccnc1C(=O)NC1CCCC[C@H]1C(C#N)C#N. The molecule has 1 aromatic heterocycles. The Morgan fingerprint density at radius 2 is 2.15 bits per heavy atom. The smallest absolute Gasteiger partial charge is 0.287 e. The minimum atomic E-state index is -0.665. The van der Waals surface area contributed by atoms with Crippen molar-refractivity contribution in [2.24, 2.45) is 18.9 Å². The first-order chi connectivity index (χ1) is 9.67. The van der Waals surface area contributed by atoms with Gasteiger partial charge in [0.15, 0.2) is 5.82 Å². The molecule has 2 rings (SSSR count). The van der Waals surface area contributed by atoms with Crippen molar-refractivity contribution in [3.63, 3.8) is 0 Å². The van der Waals surface area contributed by atoms with E-state index in [2.05, 4.69) is 10.3 Å². The maximum Gasteiger partial charge on any atom is 0.287 e. The molecule has 0 aromatic carbocycles. The zero-order valence-corrected chi connectivity index (χ0v) is 11.4. The third kappa shape index (κ3) is 2.80. The topological polar surface area (TPSA) is 94.5 Å². The van der Waals surface area contributed by atoms with E-state index < -0.39 is 5.92 Å². The molecule has 6 nitrogen and oxygen atoms in total. The highest BCUT2D eigenvalue weighted by atomic mass is 16.2. The summed E-state index contributed by atoms with van der Waals surface area (Å²) in [6, 6.07) is 3.95. The fourth-order valence-corrected chi connectivity index (χ4v) is 2.78. The molecule has 0 bridgehead atoms. The molecule has 6 heteroatoms. The van der Waals surface area contributed by atoms with Crippen molar-refractivity contribution in [1.29, 1.82) is 10.5 Å². The summed E-state index contributed by atoms with van der Waals surface area (Å²) in [5, 5.41) is 21.1. The van der Waals surface area contributed by atoms with Crippen LogP contribution in [0, 0.1) is 34.5 Å². The summed E-state index contributed by atoms with van der Waals surface area (Å²) < 4.78 is 1.65. The number of amides is 1. The van der Waals surface area contributed by atoms with Crippen LogP contribution in [-0.4, -0.2) is 21.5 Å². The number of rotatable bonds is 3. The van der Waals surface area contributed by atoms with Crippen LogP contribution in [0.4, 0.5) is 0 Å². The Kier molecular flexibility index (Phi) is 4.37. The second kappa shape index (κ2) is 6.21. The van der Waals surface area contributed by atoms with Crippen LogP contribution in [0.5, 0.6) is 0 Å². The number of nitrogens with zero attached hydrogens (tertiary/aromatic N) is 4. The first kappa shape index (κ1) is 14.1. The molecule has 1 aliphatic carbocycles. The number of nitriles is 2. The van der Waals surface area contributed by atoms with Gasteiger partial charge in [-0.15, -0.1) is 0 Å². The van der Waals surface area contributed by atoms with E-state index in [-0.39, 0.29) is 17.9 Å². The van der Waals surface area contributed by atoms with Crippen molar-refractivity contribution in [3.05, 3.63) is 18.2 Å². The summed E-state index contributed by atoms with van der Waals surface area (Å²) in [7, 11) is 1.76. The van der Waals surface area contributed by atoms with Gasteiger partial charge in [0.25, 0.3) is 5.91 Å². The molecule has 0 radical (unpaired) electrons. The fraction of sp³-hybridized carbons (Fsp3) is 0.571. The molecule has 1 N–H and O–H groups in total. The molecule has 1 heterocycles. The third-order valence-corrected chi connectivity index (χ3v) is 3.87. The highest BCUT2D eigenvalue weighted by molar-refractivity contribution is 5.91. The molecule has 0 saturated heterocycles. The molecule has 20 heavy (non-hydrogen) atoms. The third-order valence-electron chi connectivity index (χ3n) is 3.87. The Labute approximate surface area is 118 Å². The van der Waals surface area contributed by atoms with E-state index in [1.54, 1.807) is 24.0 Å². The first-order valence-electron chi connectivity index (χ1n) is 6.74. The van der Waals surface area contributed by atoms with Gasteiger partial charge in [-0.25, -0.2) is 4.98 Å². The van der Waals surface area contributed by atoms with Crippen molar-refractivity contribution in [2.75, 3.05) is 0 Å². The van der Waals surface area contributed by atoms with Crippen LogP contribution in [0.2, 0.25) is 0 Å². The van der Waals surface area contributed by atoms with Gasteiger partial charge in [-0.05, 0) is 12.8 Å².